The van der Waals surface area contributed by atoms with Crippen molar-refractivity contribution in [2.24, 2.45) is 0 Å². The van der Waals surface area contributed by atoms with Gasteiger partial charge in [-0.15, -0.1) is 0 Å². The predicted molar refractivity (Wildman–Crippen MR) is 56.9 cm³/mol. The second kappa shape index (κ2) is 4.80. The highest BCUT2D eigenvalue weighted by atomic mass is 28.5. The first-order chi connectivity index (χ1) is 7.36. The molecule has 1 fully saturated rings. The zero-order valence-corrected chi connectivity index (χ0v) is 12.4. The number of rotatable bonds is 4. The maximum atomic E-state index is 5.54. The van der Waals surface area contributed by atoms with E-state index < -0.39 is 23.9 Å². The minimum atomic E-state index is -3.26. The highest BCUT2D eigenvalue weighted by Crippen LogP contribution is 2.33. The van der Waals surface area contributed by atoms with Crippen LogP contribution in [0.2, 0.25) is 0 Å². The van der Waals surface area contributed by atoms with Crippen molar-refractivity contribution in [3.63, 3.8) is 0 Å². The van der Waals surface area contributed by atoms with Crippen molar-refractivity contribution in [3.05, 3.63) is 0 Å². The molecular weight excluding hydrogens is 252 g/mol. The maximum absolute atomic E-state index is 5.54. The molecule has 0 aliphatic carbocycles. The van der Waals surface area contributed by atoms with Crippen LogP contribution in [0.3, 0.4) is 0 Å². The summed E-state index contributed by atoms with van der Waals surface area (Å²) < 4.78 is 37.4. The number of hydrogen-bond donors (Lipinski definition) is 0. The molecule has 0 aromatic rings. The zero-order chi connectivity index (χ0) is 12.4. The van der Waals surface area contributed by atoms with Crippen LogP contribution >= 0.6 is 0 Å². The summed E-state index contributed by atoms with van der Waals surface area (Å²) in [6.07, 6.45) is 0. The van der Waals surface area contributed by atoms with Gasteiger partial charge in [0.05, 0.1) is 0 Å². The van der Waals surface area contributed by atoms with E-state index in [1.165, 1.54) is 28.4 Å². The minimum Gasteiger partial charge on any atom is -0.355 e. The Hall–Kier alpha value is 0.154. The van der Waals surface area contributed by atoms with Crippen LogP contribution in [0.5, 0.6) is 0 Å². The summed E-state index contributed by atoms with van der Waals surface area (Å²) >= 11 is 0. The molecular formula is C7H18O7Si2. The second-order valence-corrected chi connectivity index (χ2v) is 8.38. The van der Waals surface area contributed by atoms with Crippen LogP contribution in [0.1, 0.15) is 13.8 Å². The van der Waals surface area contributed by atoms with Gasteiger partial charge in [-0.25, -0.2) is 0 Å². The van der Waals surface area contributed by atoms with Gasteiger partial charge >= 0.3 is 18.1 Å². The Labute approximate surface area is 97.5 Å². The second-order valence-electron chi connectivity index (χ2n) is 3.52. The van der Waals surface area contributed by atoms with Crippen LogP contribution in [0, 0.1) is 0 Å². The van der Waals surface area contributed by atoms with Crippen LogP contribution < -0.4 is 0 Å². The molecule has 0 radical (unpaired) electrons. The molecule has 96 valence electrons. The summed E-state index contributed by atoms with van der Waals surface area (Å²) in [7, 11) is -0.729. The van der Waals surface area contributed by atoms with Gasteiger partial charge in [-0.3, -0.25) is 0 Å². The molecule has 16 heavy (non-hydrogen) atoms. The molecule has 1 saturated heterocycles. The van der Waals surface area contributed by atoms with Crippen molar-refractivity contribution in [2.45, 2.75) is 19.6 Å². The highest BCUT2D eigenvalue weighted by Gasteiger charge is 2.66. The summed E-state index contributed by atoms with van der Waals surface area (Å²) in [4.78, 5) is 0. The van der Waals surface area contributed by atoms with Crippen molar-refractivity contribution < 1.29 is 30.7 Å². The first kappa shape index (κ1) is 14.2. The van der Waals surface area contributed by atoms with Crippen LogP contribution in [0.15, 0.2) is 0 Å². The van der Waals surface area contributed by atoms with Gasteiger partial charge in [0, 0.05) is 28.4 Å². The highest BCUT2D eigenvalue weighted by molar-refractivity contribution is 6.69. The predicted octanol–water partition coefficient (Wildman–Crippen LogP) is 0.243. The first-order valence-electron chi connectivity index (χ1n) is 4.67. The van der Waals surface area contributed by atoms with Gasteiger partial charge in [-0.1, -0.05) is 0 Å². The largest absolute Gasteiger partial charge is 0.675 e. The SMILES string of the molecule is CO[Si]1(OC)OC(C)(C)O[Si](OC)(OC)O1. The number of hydrogen-bond acceptors (Lipinski definition) is 7. The third-order valence-electron chi connectivity index (χ3n) is 1.99. The molecule has 0 aromatic heterocycles. The molecule has 7 nitrogen and oxygen atoms in total. The van der Waals surface area contributed by atoms with Crippen LogP contribution in [0.25, 0.3) is 0 Å². The van der Waals surface area contributed by atoms with Gasteiger partial charge in [0.15, 0.2) is 5.79 Å². The maximum Gasteiger partial charge on any atom is 0.675 e. The molecule has 0 saturated carbocycles. The van der Waals surface area contributed by atoms with Crippen molar-refractivity contribution in [1.29, 1.82) is 0 Å². The normalized spacial score (nSPS) is 26.6. The molecule has 0 atom stereocenters. The first-order valence-corrected chi connectivity index (χ1v) is 7.94. The Balaban J connectivity index is 3.01. The molecule has 0 spiro atoms. The quantitative estimate of drug-likeness (QED) is 0.678. The molecule has 0 unspecified atom stereocenters. The van der Waals surface area contributed by atoms with E-state index in [0.29, 0.717) is 0 Å². The van der Waals surface area contributed by atoms with Crippen molar-refractivity contribution >= 4 is 18.1 Å². The van der Waals surface area contributed by atoms with E-state index in [9.17, 15) is 0 Å². The van der Waals surface area contributed by atoms with E-state index in [2.05, 4.69) is 0 Å². The van der Waals surface area contributed by atoms with E-state index >= 15 is 0 Å². The van der Waals surface area contributed by atoms with E-state index in [1.54, 1.807) is 13.8 Å². The lowest BCUT2D eigenvalue weighted by Gasteiger charge is -2.45. The molecule has 1 aliphatic heterocycles. The van der Waals surface area contributed by atoms with Crippen LogP contribution in [-0.4, -0.2) is 52.3 Å². The smallest absolute Gasteiger partial charge is 0.355 e. The van der Waals surface area contributed by atoms with Gasteiger partial charge in [0.1, 0.15) is 0 Å². The monoisotopic (exact) mass is 270 g/mol. The molecule has 1 heterocycles. The fourth-order valence-corrected chi connectivity index (χ4v) is 6.25. The lowest BCUT2D eigenvalue weighted by Crippen LogP contribution is -2.70. The molecule has 0 N–H and O–H groups in total. The Morgan fingerprint density at radius 1 is 0.750 bits per heavy atom. The van der Waals surface area contributed by atoms with Gasteiger partial charge in [-0.05, 0) is 13.8 Å². The van der Waals surface area contributed by atoms with Crippen molar-refractivity contribution in [2.75, 3.05) is 28.4 Å². The Morgan fingerprint density at radius 2 is 1.06 bits per heavy atom. The summed E-state index contributed by atoms with van der Waals surface area (Å²) in [5.74, 6) is -0.950. The van der Waals surface area contributed by atoms with Gasteiger partial charge in [0.25, 0.3) is 0 Å². The summed E-state index contributed by atoms with van der Waals surface area (Å²) in [5, 5.41) is 0. The van der Waals surface area contributed by atoms with Gasteiger partial charge < -0.3 is 30.7 Å². The lowest BCUT2D eigenvalue weighted by atomic mass is 10.4. The van der Waals surface area contributed by atoms with E-state index in [0.717, 1.165) is 0 Å². The Kier molecular flexibility index (Phi) is 4.26. The van der Waals surface area contributed by atoms with E-state index in [4.69, 9.17) is 30.7 Å². The molecule has 0 bridgehead atoms. The van der Waals surface area contributed by atoms with Crippen LogP contribution in [0.4, 0.5) is 0 Å². The average molecular weight is 270 g/mol. The van der Waals surface area contributed by atoms with E-state index in [1.807, 2.05) is 0 Å². The van der Waals surface area contributed by atoms with Crippen molar-refractivity contribution in [1.82, 2.24) is 0 Å². The zero-order valence-electron chi connectivity index (χ0n) is 10.4. The standard InChI is InChI=1S/C7H18O7Si2/c1-7(2)12-15(8-3,9-4)14-16(10-5,11-6)13-7/h1-6H3. The topological polar surface area (TPSA) is 64.6 Å². The molecule has 9 heteroatoms. The lowest BCUT2D eigenvalue weighted by molar-refractivity contribution is -0.225. The average Bonchev–Trinajstić information content (AvgIpc) is 2.26. The van der Waals surface area contributed by atoms with E-state index in [-0.39, 0.29) is 0 Å². The van der Waals surface area contributed by atoms with Crippen LogP contribution in [-0.2, 0) is 30.7 Å². The molecule has 1 aliphatic rings. The summed E-state index contributed by atoms with van der Waals surface area (Å²) in [5.41, 5.74) is 0. The summed E-state index contributed by atoms with van der Waals surface area (Å²) in [6.45, 7) is 3.43. The Morgan fingerprint density at radius 3 is 1.31 bits per heavy atom. The van der Waals surface area contributed by atoms with Crippen molar-refractivity contribution in [3.8, 4) is 0 Å². The van der Waals surface area contributed by atoms with Gasteiger partial charge in [-0.2, -0.15) is 0 Å². The third-order valence-corrected chi connectivity index (χ3v) is 7.47. The Bertz CT molecular complexity index is 217. The fourth-order valence-electron chi connectivity index (χ4n) is 1.32. The molecule has 1 rings (SSSR count). The van der Waals surface area contributed by atoms with Gasteiger partial charge in [0.2, 0.25) is 0 Å². The fraction of sp³-hybridized carbons (Fsp3) is 1.00. The third kappa shape index (κ3) is 2.69. The molecule has 0 aromatic carbocycles. The minimum absolute atomic E-state index is 0.950. The summed E-state index contributed by atoms with van der Waals surface area (Å²) in [6, 6.07) is 0. The molecule has 0 amide bonds.